The summed E-state index contributed by atoms with van der Waals surface area (Å²) in [6.07, 6.45) is 1.83. The second-order valence-electron chi connectivity index (χ2n) is 2.94. The van der Waals surface area contributed by atoms with Crippen LogP contribution in [-0.2, 0) is 0 Å². The van der Waals surface area contributed by atoms with Gasteiger partial charge in [0.25, 0.3) is 0 Å². The lowest BCUT2D eigenvalue weighted by Crippen LogP contribution is -1.98. The maximum absolute atomic E-state index is 13.3. The first-order valence-electron chi connectivity index (χ1n) is 4.36. The zero-order valence-corrected chi connectivity index (χ0v) is 8.02. The average Bonchev–Trinajstić information content (AvgIpc) is 2.26. The number of nitrogens with two attached hydrogens (primary N) is 1. The molecule has 0 fully saturated rings. The summed E-state index contributed by atoms with van der Waals surface area (Å²) in [5, 5.41) is 0. The van der Waals surface area contributed by atoms with E-state index in [-0.39, 0.29) is 17.4 Å². The molecule has 82 valence electrons. The van der Waals surface area contributed by atoms with Gasteiger partial charge in [0, 0.05) is 0 Å². The van der Waals surface area contributed by atoms with Crippen molar-refractivity contribution in [2.45, 2.75) is 0 Å². The molecule has 1 aromatic carbocycles. The standard InChI is InChI=1S/C10H7F2N3O/c11-6-4-14-10(15-5-6)16-9-7(12)2-1-3-8(9)13/h1-5H,13H2. The second kappa shape index (κ2) is 4.09. The number of ether oxygens (including phenoxy) is 1. The first kappa shape index (κ1) is 10.3. The molecule has 0 unspecified atom stereocenters. The van der Waals surface area contributed by atoms with Crippen molar-refractivity contribution in [1.82, 2.24) is 9.97 Å². The minimum atomic E-state index is -0.632. The van der Waals surface area contributed by atoms with Gasteiger partial charge in [-0.1, -0.05) is 6.07 Å². The van der Waals surface area contributed by atoms with Crippen LogP contribution < -0.4 is 10.5 Å². The topological polar surface area (TPSA) is 61.0 Å². The van der Waals surface area contributed by atoms with Gasteiger partial charge in [0.05, 0.1) is 18.1 Å². The predicted molar refractivity (Wildman–Crippen MR) is 52.9 cm³/mol. The van der Waals surface area contributed by atoms with Gasteiger partial charge in [-0.3, -0.25) is 0 Å². The van der Waals surface area contributed by atoms with E-state index in [1.54, 1.807) is 0 Å². The number of nitrogen functional groups attached to an aromatic ring is 1. The van der Waals surface area contributed by atoms with Crippen LogP contribution in [0.2, 0.25) is 0 Å². The normalized spacial score (nSPS) is 10.1. The summed E-state index contributed by atoms with van der Waals surface area (Å²) in [7, 11) is 0. The van der Waals surface area contributed by atoms with E-state index in [1.807, 2.05) is 0 Å². The van der Waals surface area contributed by atoms with Gasteiger partial charge in [-0.05, 0) is 12.1 Å². The largest absolute Gasteiger partial charge is 0.419 e. The summed E-state index contributed by atoms with van der Waals surface area (Å²) >= 11 is 0. The highest BCUT2D eigenvalue weighted by atomic mass is 19.1. The van der Waals surface area contributed by atoms with Gasteiger partial charge < -0.3 is 10.5 Å². The smallest absolute Gasteiger partial charge is 0.322 e. The summed E-state index contributed by atoms with van der Waals surface area (Å²) in [4.78, 5) is 7.05. The van der Waals surface area contributed by atoms with Gasteiger partial charge in [0.1, 0.15) is 0 Å². The van der Waals surface area contributed by atoms with Gasteiger partial charge in [-0.2, -0.15) is 0 Å². The molecule has 0 saturated heterocycles. The Morgan fingerprint density at radius 2 is 1.81 bits per heavy atom. The summed E-state index contributed by atoms with van der Waals surface area (Å²) in [6, 6.07) is 3.94. The molecule has 2 aromatic rings. The van der Waals surface area contributed by atoms with Crippen molar-refractivity contribution >= 4 is 5.69 Å². The van der Waals surface area contributed by atoms with Crippen LogP contribution >= 0.6 is 0 Å². The summed E-state index contributed by atoms with van der Waals surface area (Å²) in [5.74, 6) is -1.41. The Kier molecular flexibility index (Phi) is 2.63. The summed E-state index contributed by atoms with van der Waals surface area (Å²) < 4.78 is 30.8. The van der Waals surface area contributed by atoms with Crippen LogP contribution in [-0.4, -0.2) is 9.97 Å². The molecule has 2 rings (SSSR count). The third kappa shape index (κ3) is 2.05. The summed E-state index contributed by atoms with van der Waals surface area (Å²) in [5.41, 5.74) is 5.62. The Morgan fingerprint density at radius 1 is 1.12 bits per heavy atom. The number of hydrogen-bond acceptors (Lipinski definition) is 4. The van der Waals surface area contributed by atoms with Crippen LogP contribution in [0.4, 0.5) is 14.5 Å². The fraction of sp³-hybridized carbons (Fsp3) is 0. The van der Waals surface area contributed by atoms with Gasteiger partial charge in [0.15, 0.2) is 17.4 Å². The number of nitrogens with zero attached hydrogens (tertiary/aromatic N) is 2. The third-order valence-electron chi connectivity index (χ3n) is 1.79. The van der Waals surface area contributed by atoms with Crippen LogP contribution in [0.3, 0.4) is 0 Å². The van der Waals surface area contributed by atoms with E-state index in [9.17, 15) is 8.78 Å². The second-order valence-corrected chi connectivity index (χ2v) is 2.94. The maximum atomic E-state index is 13.3. The average molecular weight is 223 g/mol. The van der Waals surface area contributed by atoms with Crippen molar-refractivity contribution in [3.8, 4) is 11.8 Å². The first-order valence-corrected chi connectivity index (χ1v) is 4.36. The summed E-state index contributed by atoms with van der Waals surface area (Å²) in [6.45, 7) is 0. The minimum Gasteiger partial charge on any atom is -0.419 e. The highest BCUT2D eigenvalue weighted by molar-refractivity contribution is 5.53. The third-order valence-corrected chi connectivity index (χ3v) is 1.79. The maximum Gasteiger partial charge on any atom is 0.322 e. The molecule has 0 radical (unpaired) electrons. The van der Waals surface area contributed by atoms with E-state index in [1.165, 1.54) is 18.2 Å². The van der Waals surface area contributed by atoms with E-state index in [2.05, 4.69) is 9.97 Å². The quantitative estimate of drug-likeness (QED) is 0.792. The zero-order chi connectivity index (χ0) is 11.5. The van der Waals surface area contributed by atoms with Gasteiger partial charge in [-0.15, -0.1) is 0 Å². The van der Waals surface area contributed by atoms with Crippen molar-refractivity contribution in [2.75, 3.05) is 5.73 Å². The van der Waals surface area contributed by atoms with Crippen molar-refractivity contribution < 1.29 is 13.5 Å². The molecular formula is C10H7F2N3O. The Labute approximate surface area is 89.7 Å². The van der Waals surface area contributed by atoms with Crippen molar-refractivity contribution in [2.24, 2.45) is 0 Å². The first-order chi connectivity index (χ1) is 7.66. The Morgan fingerprint density at radius 3 is 2.44 bits per heavy atom. The fourth-order valence-corrected chi connectivity index (χ4v) is 1.08. The number of halogens is 2. The van der Waals surface area contributed by atoms with Crippen molar-refractivity contribution in [1.29, 1.82) is 0 Å². The lowest BCUT2D eigenvalue weighted by Gasteiger charge is -2.06. The number of benzene rings is 1. The van der Waals surface area contributed by atoms with E-state index in [0.717, 1.165) is 12.4 Å². The molecule has 4 nitrogen and oxygen atoms in total. The lowest BCUT2D eigenvalue weighted by molar-refractivity contribution is 0.409. The molecule has 6 heteroatoms. The molecule has 2 N–H and O–H groups in total. The molecule has 16 heavy (non-hydrogen) atoms. The van der Waals surface area contributed by atoms with Gasteiger partial charge in [-0.25, -0.2) is 18.7 Å². The number of rotatable bonds is 2. The lowest BCUT2D eigenvalue weighted by atomic mass is 10.3. The van der Waals surface area contributed by atoms with Crippen molar-refractivity contribution in [3.05, 3.63) is 42.2 Å². The van der Waals surface area contributed by atoms with Crippen LogP contribution in [0.15, 0.2) is 30.6 Å². The highest BCUT2D eigenvalue weighted by Gasteiger charge is 2.09. The molecule has 0 bridgehead atoms. The van der Waals surface area contributed by atoms with Gasteiger partial charge in [0.2, 0.25) is 0 Å². The fourth-order valence-electron chi connectivity index (χ4n) is 1.08. The van der Waals surface area contributed by atoms with Crippen LogP contribution in [0.25, 0.3) is 0 Å². The molecule has 0 aliphatic rings. The minimum absolute atomic E-state index is 0.118. The predicted octanol–water partition coefficient (Wildman–Crippen LogP) is 2.13. The van der Waals surface area contributed by atoms with E-state index in [0.29, 0.717) is 0 Å². The SMILES string of the molecule is Nc1cccc(F)c1Oc1ncc(F)cn1. The van der Waals surface area contributed by atoms with Gasteiger partial charge >= 0.3 is 6.01 Å². The highest BCUT2D eigenvalue weighted by Crippen LogP contribution is 2.27. The van der Waals surface area contributed by atoms with Crippen molar-refractivity contribution in [3.63, 3.8) is 0 Å². The molecule has 0 aliphatic carbocycles. The molecule has 0 spiro atoms. The van der Waals surface area contributed by atoms with Crippen LogP contribution in [0.5, 0.6) is 11.8 Å². The van der Waals surface area contributed by atoms with Crippen LogP contribution in [0, 0.1) is 11.6 Å². The molecule has 0 aliphatic heterocycles. The Hall–Kier alpha value is -2.24. The Balaban J connectivity index is 2.30. The molecule has 0 amide bonds. The van der Waals surface area contributed by atoms with E-state index >= 15 is 0 Å². The van der Waals surface area contributed by atoms with E-state index < -0.39 is 11.6 Å². The molecule has 0 atom stereocenters. The molecular weight excluding hydrogens is 216 g/mol. The number of para-hydroxylation sites is 1. The Bertz CT molecular complexity index is 482. The van der Waals surface area contributed by atoms with Crippen LogP contribution in [0.1, 0.15) is 0 Å². The number of anilines is 1. The number of aromatic nitrogens is 2. The molecule has 0 saturated carbocycles. The number of hydrogen-bond donors (Lipinski definition) is 1. The monoisotopic (exact) mass is 223 g/mol. The molecule has 1 aromatic heterocycles. The van der Waals surface area contributed by atoms with E-state index in [4.69, 9.17) is 10.5 Å². The zero-order valence-electron chi connectivity index (χ0n) is 8.02. The molecule has 1 heterocycles.